The lowest BCUT2D eigenvalue weighted by Crippen LogP contribution is -2.39. The zero-order valence-electron chi connectivity index (χ0n) is 11.1. The number of alkyl halides is 3. The maximum absolute atomic E-state index is 12.5. The molecular weight excluding hydrogens is 287 g/mol. The minimum atomic E-state index is -4.50. The van der Waals surface area contributed by atoms with E-state index in [1.54, 1.807) is 12.1 Å². The van der Waals surface area contributed by atoms with E-state index in [-0.39, 0.29) is 23.0 Å². The predicted molar refractivity (Wildman–Crippen MR) is 70.0 cm³/mol. The molecule has 112 valence electrons. The third-order valence-electron chi connectivity index (χ3n) is 2.94. The van der Waals surface area contributed by atoms with Crippen molar-refractivity contribution in [2.24, 2.45) is 0 Å². The number of benzene rings is 1. The van der Waals surface area contributed by atoms with Gasteiger partial charge in [0.2, 0.25) is 0 Å². The Hall–Kier alpha value is -2.38. The summed E-state index contributed by atoms with van der Waals surface area (Å²) in [5.41, 5.74) is -0.697. The van der Waals surface area contributed by atoms with Crippen LogP contribution in [-0.4, -0.2) is 40.3 Å². The van der Waals surface area contributed by atoms with Gasteiger partial charge in [-0.3, -0.25) is 9.59 Å². The molecule has 0 atom stereocenters. The molecule has 5 nitrogen and oxygen atoms in total. The molecule has 21 heavy (non-hydrogen) atoms. The van der Waals surface area contributed by atoms with E-state index >= 15 is 0 Å². The van der Waals surface area contributed by atoms with Crippen LogP contribution in [0.2, 0.25) is 0 Å². The van der Waals surface area contributed by atoms with Crippen molar-refractivity contribution in [2.75, 3.05) is 13.1 Å². The van der Waals surface area contributed by atoms with Crippen molar-refractivity contribution in [1.29, 1.82) is 0 Å². The molecule has 1 aromatic heterocycles. The number of fused-ring (bicyclic) bond motifs is 1. The lowest BCUT2D eigenvalue weighted by molar-refractivity contribution is -0.140. The molecule has 1 heterocycles. The molecule has 0 spiro atoms. The second-order valence-corrected chi connectivity index (χ2v) is 4.38. The Morgan fingerprint density at radius 1 is 1.29 bits per heavy atom. The molecule has 0 aliphatic carbocycles. The van der Waals surface area contributed by atoms with E-state index in [1.165, 1.54) is 19.1 Å². The molecular formula is C13H12F3N3O2. The Labute approximate surface area is 117 Å². The first-order valence-electron chi connectivity index (χ1n) is 6.17. The lowest BCUT2D eigenvalue weighted by Gasteiger charge is -2.22. The normalized spacial score (nSPS) is 11.6. The van der Waals surface area contributed by atoms with Gasteiger partial charge < -0.3 is 4.90 Å². The van der Waals surface area contributed by atoms with E-state index in [2.05, 4.69) is 10.2 Å². The highest BCUT2D eigenvalue weighted by Gasteiger charge is 2.33. The summed E-state index contributed by atoms with van der Waals surface area (Å²) >= 11 is 0. The Bertz CT molecular complexity index is 724. The molecule has 0 radical (unpaired) electrons. The molecule has 8 heteroatoms. The summed E-state index contributed by atoms with van der Waals surface area (Å²) in [5, 5.41) is 6.18. The van der Waals surface area contributed by atoms with E-state index in [9.17, 15) is 22.8 Å². The van der Waals surface area contributed by atoms with Gasteiger partial charge in [0.25, 0.3) is 11.5 Å². The third-order valence-corrected chi connectivity index (χ3v) is 2.94. The quantitative estimate of drug-likeness (QED) is 0.942. The fraction of sp³-hybridized carbons (Fsp3) is 0.308. The van der Waals surface area contributed by atoms with E-state index in [0.717, 1.165) is 0 Å². The first-order chi connectivity index (χ1) is 9.83. The van der Waals surface area contributed by atoms with Crippen LogP contribution in [0.15, 0.2) is 29.1 Å². The second kappa shape index (κ2) is 5.55. The summed E-state index contributed by atoms with van der Waals surface area (Å²) in [6, 6.07) is 6.14. The zero-order chi connectivity index (χ0) is 15.6. The Kier molecular flexibility index (Phi) is 3.97. The first kappa shape index (κ1) is 15.0. The molecule has 2 rings (SSSR count). The van der Waals surface area contributed by atoms with Crippen LogP contribution in [0.25, 0.3) is 10.8 Å². The van der Waals surface area contributed by atoms with E-state index < -0.39 is 24.2 Å². The lowest BCUT2D eigenvalue weighted by atomic mass is 10.1. The second-order valence-electron chi connectivity index (χ2n) is 4.38. The number of amides is 1. The summed E-state index contributed by atoms with van der Waals surface area (Å²) in [4.78, 5) is 24.5. The summed E-state index contributed by atoms with van der Waals surface area (Å²) in [6.07, 6.45) is -4.50. The topological polar surface area (TPSA) is 66.1 Å². The largest absolute Gasteiger partial charge is 0.406 e. The van der Waals surface area contributed by atoms with Gasteiger partial charge in [-0.2, -0.15) is 18.3 Å². The van der Waals surface area contributed by atoms with E-state index in [1.807, 2.05) is 0 Å². The summed E-state index contributed by atoms with van der Waals surface area (Å²) in [7, 11) is 0. The summed E-state index contributed by atoms with van der Waals surface area (Å²) in [5.74, 6) is -0.873. The number of carbonyl (C=O) groups excluding carboxylic acids is 1. The molecule has 0 aliphatic heterocycles. The smallest absolute Gasteiger partial charge is 0.328 e. The van der Waals surface area contributed by atoms with E-state index in [0.29, 0.717) is 4.90 Å². The SMILES string of the molecule is CCN(CC(F)(F)F)C(=O)c1n[nH]c(=O)c2ccccc12. The number of carbonyl (C=O) groups is 1. The Morgan fingerprint density at radius 3 is 2.48 bits per heavy atom. The van der Waals surface area contributed by atoms with Gasteiger partial charge in [0.05, 0.1) is 5.39 Å². The highest BCUT2D eigenvalue weighted by Crippen LogP contribution is 2.19. The highest BCUT2D eigenvalue weighted by molar-refractivity contribution is 6.04. The van der Waals surface area contributed by atoms with Crippen molar-refractivity contribution in [3.05, 3.63) is 40.3 Å². The van der Waals surface area contributed by atoms with Crippen molar-refractivity contribution in [1.82, 2.24) is 15.1 Å². The van der Waals surface area contributed by atoms with Crippen LogP contribution in [0.3, 0.4) is 0 Å². The van der Waals surface area contributed by atoms with Gasteiger partial charge >= 0.3 is 6.18 Å². The molecule has 0 unspecified atom stereocenters. The van der Waals surface area contributed by atoms with Gasteiger partial charge in [0.1, 0.15) is 6.54 Å². The zero-order valence-corrected chi connectivity index (χ0v) is 11.1. The van der Waals surface area contributed by atoms with Gasteiger partial charge in [0.15, 0.2) is 5.69 Å². The minimum absolute atomic E-state index is 0.118. The van der Waals surface area contributed by atoms with Crippen molar-refractivity contribution in [3.63, 3.8) is 0 Å². The number of hydrogen-bond donors (Lipinski definition) is 1. The van der Waals surface area contributed by atoms with Gasteiger partial charge in [-0.1, -0.05) is 18.2 Å². The van der Waals surface area contributed by atoms with Crippen LogP contribution in [0.1, 0.15) is 17.4 Å². The summed E-state index contributed by atoms with van der Waals surface area (Å²) < 4.78 is 37.4. The number of H-pyrrole nitrogens is 1. The molecule has 0 saturated carbocycles. The molecule has 1 N–H and O–H groups in total. The van der Waals surface area contributed by atoms with Gasteiger partial charge in [-0.15, -0.1) is 0 Å². The summed E-state index contributed by atoms with van der Waals surface area (Å²) in [6.45, 7) is -0.0392. The maximum Gasteiger partial charge on any atom is 0.406 e. The van der Waals surface area contributed by atoms with Crippen molar-refractivity contribution in [3.8, 4) is 0 Å². The van der Waals surface area contributed by atoms with Crippen LogP contribution < -0.4 is 5.56 Å². The number of aromatic amines is 1. The van der Waals surface area contributed by atoms with E-state index in [4.69, 9.17) is 0 Å². The highest BCUT2D eigenvalue weighted by atomic mass is 19.4. The van der Waals surface area contributed by atoms with Crippen LogP contribution in [0.5, 0.6) is 0 Å². The number of rotatable bonds is 3. The number of nitrogens with zero attached hydrogens (tertiary/aromatic N) is 2. The average molecular weight is 299 g/mol. The third kappa shape index (κ3) is 3.21. The van der Waals surface area contributed by atoms with Crippen LogP contribution >= 0.6 is 0 Å². The fourth-order valence-electron chi connectivity index (χ4n) is 1.97. The van der Waals surface area contributed by atoms with Crippen LogP contribution in [-0.2, 0) is 0 Å². The van der Waals surface area contributed by atoms with Crippen molar-refractivity contribution < 1.29 is 18.0 Å². The molecule has 0 bridgehead atoms. The number of halogens is 3. The Balaban J connectivity index is 2.48. The Morgan fingerprint density at radius 2 is 1.90 bits per heavy atom. The molecule has 0 fully saturated rings. The van der Waals surface area contributed by atoms with Gasteiger partial charge in [-0.25, -0.2) is 5.10 Å². The first-order valence-corrected chi connectivity index (χ1v) is 6.17. The monoisotopic (exact) mass is 299 g/mol. The van der Waals surface area contributed by atoms with Crippen LogP contribution in [0, 0.1) is 0 Å². The fourth-order valence-corrected chi connectivity index (χ4v) is 1.97. The molecule has 0 saturated heterocycles. The van der Waals surface area contributed by atoms with Crippen molar-refractivity contribution in [2.45, 2.75) is 13.1 Å². The van der Waals surface area contributed by atoms with Crippen LogP contribution in [0.4, 0.5) is 13.2 Å². The van der Waals surface area contributed by atoms with Crippen molar-refractivity contribution >= 4 is 16.7 Å². The maximum atomic E-state index is 12.5. The molecule has 1 amide bonds. The number of hydrogen-bond acceptors (Lipinski definition) is 3. The standard InChI is InChI=1S/C13H12F3N3O2/c1-2-19(7-13(14,15)16)12(21)10-8-5-3-4-6-9(8)11(20)18-17-10/h3-6H,2,7H2,1H3,(H,18,20). The van der Waals surface area contributed by atoms with Gasteiger partial charge in [-0.05, 0) is 13.0 Å². The molecule has 1 aromatic carbocycles. The number of nitrogens with one attached hydrogen (secondary N) is 1. The molecule has 2 aromatic rings. The minimum Gasteiger partial charge on any atom is -0.328 e. The molecule has 0 aliphatic rings. The number of aromatic nitrogens is 2. The average Bonchev–Trinajstić information content (AvgIpc) is 2.44. The van der Waals surface area contributed by atoms with Gasteiger partial charge in [0, 0.05) is 11.9 Å². The predicted octanol–water partition coefficient (Wildman–Crippen LogP) is 1.95.